The van der Waals surface area contributed by atoms with Gasteiger partial charge >= 0.3 is 0 Å². The van der Waals surface area contributed by atoms with Gasteiger partial charge in [-0.15, -0.1) is 0 Å². The summed E-state index contributed by atoms with van der Waals surface area (Å²) in [5.74, 6) is -1.51. The fourth-order valence-electron chi connectivity index (χ4n) is 3.95. The number of amides is 4. The number of nitrogens with zero attached hydrogens (tertiary/aromatic N) is 2. The highest BCUT2D eigenvalue weighted by Crippen LogP contribution is 2.30. The van der Waals surface area contributed by atoms with Crippen molar-refractivity contribution in [1.82, 2.24) is 20.4 Å². The number of nitrogens with one attached hydrogen (secondary N) is 2. The van der Waals surface area contributed by atoms with Crippen molar-refractivity contribution in [2.45, 2.75) is 25.3 Å². The number of benzene rings is 1. The monoisotopic (exact) mass is 400 g/mol. The van der Waals surface area contributed by atoms with Gasteiger partial charge in [-0.05, 0) is 31.0 Å². The van der Waals surface area contributed by atoms with Gasteiger partial charge in [-0.2, -0.15) is 0 Å². The minimum absolute atomic E-state index is 0.102. The number of piperidine rings is 1. The van der Waals surface area contributed by atoms with Gasteiger partial charge in [-0.25, -0.2) is 0 Å². The third-order valence-corrected chi connectivity index (χ3v) is 5.51. The van der Waals surface area contributed by atoms with E-state index in [0.717, 1.165) is 44.0 Å². The number of imide groups is 2. The molecule has 1 aromatic carbocycles. The molecule has 1 atom stereocenters. The molecule has 0 bridgehead atoms. The zero-order valence-electron chi connectivity index (χ0n) is 16.1. The minimum Gasteiger partial charge on any atom is -0.494 e. The average molecular weight is 400 g/mol. The van der Waals surface area contributed by atoms with E-state index in [9.17, 15) is 19.2 Å². The Morgan fingerprint density at radius 3 is 2.55 bits per heavy atom. The van der Waals surface area contributed by atoms with E-state index in [2.05, 4.69) is 15.5 Å². The molecule has 4 amide bonds. The lowest BCUT2D eigenvalue weighted by atomic mass is 10.0. The Morgan fingerprint density at radius 1 is 1.03 bits per heavy atom. The first-order chi connectivity index (χ1) is 14.0. The van der Waals surface area contributed by atoms with Gasteiger partial charge < -0.3 is 15.0 Å². The molecule has 0 spiro atoms. The Bertz CT molecular complexity index is 849. The van der Waals surface area contributed by atoms with Gasteiger partial charge in [0, 0.05) is 39.1 Å². The van der Waals surface area contributed by atoms with E-state index in [-0.39, 0.29) is 29.9 Å². The molecule has 2 N–H and O–H groups in total. The maximum Gasteiger partial charge on any atom is 0.262 e. The Labute approximate surface area is 168 Å². The molecule has 1 aromatic rings. The van der Waals surface area contributed by atoms with E-state index in [1.807, 2.05) is 0 Å². The Hall–Kier alpha value is -2.78. The zero-order chi connectivity index (χ0) is 20.4. The molecular weight excluding hydrogens is 376 g/mol. The largest absolute Gasteiger partial charge is 0.494 e. The van der Waals surface area contributed by atoms with Crippen LogP contribution in [0, 0.1) is 0 Å². The molecule has 2 fully saturated rings. The standard InChI is InChI=1S/C20H24N4O5/c25-17-5-4-16(18(26)22-17)24-19(27)14-3-2-13(12-15(14)20(24)28)29-11-1-8-23-9-6-21-7-10-23/h2-3,12,16,21H,1,4-11H2,(H,22,25,26). The van der Waals surface area contributed by atoms with Crippen molar-refractivity contribution in [2.75, 3.05) is 39.3 Å². The van der Waals surface area contributed by atoms with E-state index >= 15 is 0 Å². The van der Waals surface area contributed by atoms with Gasteiger partial charge in [0.15, 0.2) is 0 Å². The van der Waals surface area contributed by atoms with Crippen LogP contribution in [0.25, 0.3) is 0 Å². The number of rotatable bonds is 6. The van der Waals surface area contributed by atoms with Crippen molar-refractivity contribution in [3.8, 4) is 5.75 Å². The summed E-state index contributed by atoms with van der Waals surface area (Å²) in [4.78, 5) is 52.2. The van der Waals surface area contributed by atoms with Crippen LogP contribution in [0.4, 0.5) is 0 Å². The third-order valence-electron chi connectivity index (χ3n) is 5.51. The summed E-state index contributed by atoms with van der Waals surface area (Å²) in [7, 11) is 0. The topological polar surface area (TPSA) is 108 Å². The van der Waals surface area contributed by atoms with Gasteiger partial charge in [0.1, 0.15) is 11.8 Å². The fourth-order valence-corrected chi connectivity index (χ4v) is 3.95. The fraction of sp³-hybridized carbons (Fsp3) is 0.500. The normalized spacial score (nSPS) is 22.6. The molecule has 4 rings (SSSR count). The lowest BCUT2D eigenvalue weighted by Gasteiger charge is -2.27. The molecule has 3 aliphatic heterocycles. The van der Waals surface area contributed by atoms with Gasteiger partial charge in [0.05, 0.1) is 17.7 Å². The Kier molecular flexibility index (Phi) is 5.59. The van der Waals surface area contributed by atoms with Gasteiger partial charge in [-0.3, -0.25) is 29.4 Å². The van der Waals surface area contributed by atoms with Crippen LogP contribution in [-0.2, 0) is 9.59 Å². The smallest absolute Gasteiger partial charge is 0.262 e. The number of carbonyl (C=O) groups is 4. The molecule has 0 radical (unpaired) electrons. The number of piperazine rings is 1. The van der Waals surface area contributed by atoms with E-state index in [4.69, 9.17) is 4.74 Å². The summed E-state index contributed by atoms with van der Waals surface area (Å²) in [5.41, 5.74) is 0.493. The van der Waals surface area contributed by atoms with Crippen LogP contribution in [0.5, 0.6) is 5.75 Å². The zero-order valence-corrected chi connectivity index (χ0v) is 16.1. The van der Waals surface area contributed by atoms with Crippen LogP contribution in [0.1, 0.15) is 40.0 Å². The number of hydrogen-bond acceptors (Lipinski definition) is 7. The molecule has 9 nitrogen and oxygen atoms in total. The van der Waals surface area contributed by atoms with Crippen molar-refractivity contribution in [1.29, 1.82) is 0 Å². The number of hydrogen-bond donors (Lipinski definition) is 2. The number of fused-ring (bicyclic) bond motifs is 1. The summed E-state index contributed by atoms with van der Waals surface area (Å²) >= 11 is 0. The van der Waals surface area contributed by atoms with E-state index < -0.39 is 23.8 Å². The number of carbonyl (C=O) groups excluding carboxylic acids is 4. The SMILES string of the molecule is O=C1CCC(N2C(=O)c3ccc(OCCCN4CCNCC4)cc3C2=O)C(=O)N1. The maximum absolute atomic E-state index is 12.8. The van der Waals surface area contributed by atoms with Gasteiger partial charge in [-0.1, -0.05) is 0 Å². The quantitative estimate of drug-likeness (QED) is 0.501. The van der Waals surface area contributed by atoms with Crippen molar-refractivity contribution in [2.24, 2.45) is 0 Å². The molecule has 0 aliphatic carbocycles. The molecule has 3 heterocycles. The predicted octanol–water partition coefficient (Wildman–Crippen LogP) is -0.238. The third kappa shape index (κ3) is 4.01. The minimum atomic E-state index is -0.955. The van der Waals surface area contributed by atoms with Gasteiger partial charge in [0.25, 0.3) is 11.8 Å². The summed E-state index contributed by atoms with van der Waals surface area (Å²) < 4.78 is 5.77. The molecule has 9 heteroatoms. The molecule has 0 aromatic heterocycles. The highest BCUT2D eigenvalue weighted by Gasteiger charge is 2.44. The summed E-state index contributed by atoms with van der Waals surface area (Å²) in [5, 5.41) is 5.51. The second kappa shape index (κ2) is 8.30. The first kappa shape index (κ1) is 19.5. The van der Waals surface area contributed by atoms with Crippen LogP contribution in [0.3, 0.4) is 0 Å². The molecular formula is C20H24N4O5. The lowest BCUT2D eigenvalue weighted by Crippen LogP contribution is -2.54. The second-order valence-electron chi connectivity index (χ2n) is 7.45. The predicted molar refractivity (Wildman–Crippen MR) is 103 cm³/mol. The van der Waals surface area contributed by atoms with Crippen molar-refractivity contribution in [3.05, 3.63) is 29.3 Å². The maximum atomic E-state index is 12.8. The van der Waals surface area contributed by atoms with Crippen LogP contribution >= 0.6 is 0 Å². The van der Waals surface area contributed by atoms with Crippen LogP contribution in [0.2, 0.25) is 0 Å². The van der Waals surface area contributed by atoms with Gasteiger partial charge in [0.2, 0.25) is 11.8 Å². The van der Waals surface area contributed by atoms with E-state index in [0.29, 0.717) is 12.4 Å². The first-order valence-electron chi connectivity index (χ1n) is 9.96. The highest BCUT2D eigenvalue weighted by atomic mass is 16.5. The molecule has 3 aliphatic rings. The molecule has 1 unspecified atom stereocenters. The summed E-state index contributed by atoms with van der Waals surface area (Å²) in [6, 6.07) is 3.84. The van der Waals surface area contributed by atoms with Crippen molar-refractivity contribution >= 4 is 23.6 Å². The molecule has 154 valence electrons. The Balaban J connectivity index is 1.38. The summed E-state index contributed by atoms with van der Waals surface area (Å²) in [6.07, 6.45) is 1.11. The second-order valence-corrected chi connectivity index (χ2v) is 7.45. The molecule has 29 heavy (non-hydrogen) atoms. The molecule has 0 saturated carbocycles. The van der Waals surface area contributed by atoms with Crippen molar-refractivity contribution in [3.63, 3.8) is 0 Å². The number of ether oxygens (including phenoxy) is 1. The average Bonchev–Trinajstić information content (AvgIpc) is 2.96. The lowest BCUT2D eigenvalue weighted by molar-refractivity contribution is -0.136. The first-order valence-corrected chi connectivity index (χ1v) is 9.96. The van der Waals surface area contributed by atoms with Crippen LogP contribution < -0.4 is 15.4 Å². The van der Waals surface area contributed by atoms with Crippen LogP contribution in [-0.4, -0.2) is 78.8 Å². The van der Waals surface area contributed by atoms with E-state index in [1.54, 1.807) is 18.2 Å². The molecule has 2 saturated heterocycles. The summed E-state index contributed by atoms with van der Waals surface area (Å²) in [6.45, 7) is 5.54. The Morgan fingerprint density at radius 2 is 1.79 bits per heavy atom. The van der Waals surface area contributed by atoms with E-state index in [1.165, 1.54) is 0 Å². The van der Waals surface area contributed by atoms with Crippen LogP contribution in [0.15, 0.2) is 18.2 Å². The van der Waals surface area contributed by atoms with Crippen molar-refractivity contribution < 1.29 is 23.9 Å². The highest BCUT2D eigenvalue weighted by molar-refractivity contribution is 6.23.